The molecular formula is C14H15F2NO3. The number of halogens is 2. The van der Waals surface area contributed by atoms with Crippen molar-refractivity contribution >= 4 is 11.9 Å². The predicted octanol–water partition coefficient (Wildman–Crippen LogP) is 2.16. The molecule has 1 aromatic carbocycles. The van der Waals surface area contributed by atoms with Gasteiger partial charge in [-0.25, -0.2) is 13.6 Å². The van der Waals surface area contributed by atoms with Crippen molar-refractivity contribution in [3.05, 3.63) is 35.4 Å². The van der Waals surface area contributed by atoms with Crippen LogP contribution in [0.4, 0.5) is 8.78 Å². The molecule has 4 nitrogen and oxygen atoms in total. The van der Waals surface area contributed by atoms with Crippen LogP contribution in [-0.4, -0.2) is 24.5 Å². The lowest BCUT2D eigenvalue weighted by Gasteiger charge is -2.18. The van der Waals surface area contributed by atoms with E-state index in [1.807, 2.05) is 0 Å². The highest BCUT2D eigenvalue weighted by atomic mass is 19.3. The lowest BCUT2D eigenvalue weighted by molar-refractivity contribution is -0.146. The van der Waals surface area contributed by atoms with Gasteiger partial charge < -0.3 is 10.1 Å². The molecular weight excluding hydrogens is 268 g/mol. The van der Waals surface area contributed by atoms with Crippen molar-refractivity contribution < 1.29 is 23.1 Å². The third-order valence-electron chi connectivity index (χ3n) is 3.26. The molecule has 20 heavy (non-hydrogen) atoms. The zero-order valence-electron chi connectivity index (χ0n) is 10.9. The number of rotatable bonds is 4. The average molecular weight is 283 g/mol. The molecule has 2 unspecified atom stereocenters. The molecule has 0 radical (unpaired) electrons. The SMILES string of the molecule is CCOC(=O)C1NC(=O)CC1c1cccc(C(F)F)c1. The third kappa shape index (κ3) is 2.95. The molecule has 0 aromatic heterocycles. The molecule has 6 heteroatoms. The predicted molar refractivity (Wildman–Crippen MR) is 67.3 cm³/mol. The first kappa shape index (κ1) is 14.4. The summed E-state index contributed by atoms with van der Waals surface area (Å²) in [6.45, 7) is 1.87. The van der Waals surface area contributed by atoms with Gasteiger partial charge in [-0.05, 0) is 18.6 Å². The van der Waals surface area contributed by atoms with E-state index >= 15 is 0 Å². The minimum absolute atomic E-state index is 0.0934. The maximum absolute atomic E-state index is 12.7. The van der Waals surface area contributed by atoms with Crippen LogP contribution in [0.25, 0.3) is 0 Å². The van der Waals surface area contributed by atoms with E-state index in [-0.39, 0.29) is 24.5 Å². The Morgan fingerprint density at radius 1 is 1.50 bits per heavy atom. The maximum Gasteiger partial charge on any atom is 0.329 e. The number of amides is 1. The molecule has 0 bridgehead atoms. The molecule has 1 heterocycles. The van der Waals surface area contributed by atoms with Crippen LogP contribution >= 0.6 is 0 Å². The number of ether oxygens (including phenoxy) is 1. The van der Waals surface area contributed by atoms with E-state index < -0.39 is 24.4 Å². The smallest absolute Gasteiger partial charge is 0.329 e. The van der Waals surface area contributed by atoms with Crippen LogP contribution in [0.5, 0.6) is 0 Å². The van der Waals surface area contributed by atoms with Crippen molar-refractivity contribution in [2.24, 2.45) is 0 Å². The lowest BCUT2D eigenvalue weighted by Crippen LogP contribution is -2.37. The van der Waals surface area contributed by atoms with E-state index in [1.54, 1.807) is 13.0 Å². The molecule has 0 spiro atoms. The molecule has 1 aliphatic heterocycles. The zero-order valence-corrected chi connectivity index (χ0v) is 10.9. The Labute approximate surface area is 115 Å². The molecule has 1 aromatic rings. The van der Waals surface area contributed by atoms with E-state index in [0.29, 0.717) is 5.56 Å². The summed E-state index contributed by atoms with van der Waals surface area (Å²) < 4.78 is 30.3. The van der Waals surface area contributed by atoms with E-state index in [2.05, 4.69) is 5.32 Å². The lowest BCUT2D eigenvalue weighted by atomic mass is 9.91. The molecule has 1 saturated heterocycles. The number of nitrogens with one attached hydrogen (secondary N) is 1. The first-order valence-corrected chi connectivity index (χ1v) is 6.37. The summed E-state index contributed by atoms with van der Waals surface area (Å²) in [4.78, 5) is 23.3. The topological polar surface area (TPSA) is 55.4 Å². The van der Waals surface area contributed by atoms with E-state index in [0.717, 1.165) is 0 Å². The van der Waals surface area contributed by atoms with Gasteiger partial charge >= 0.3 is 5.97 Å². The quantitative estimate of drug-likeness (QED) is 0.861. The van der Waals surface area contributed by atoms with Crippen LogP contribution in [0.3, 0.4) is 0 Å². The number of hydrogen-bond acceptors (Lipinski definition) is 3. The Balaban J connectivity index is 2.27. The van der Waals surface area contributed by atoms with E-state index in [1.165, 1.54) is 18.2 Å². The zero-order chi connectivity index (χ0) is 14.7. The second-order valence-electron chi connectivity index (χ2n) is 4.58. The summed E-state index contributed by atoms with van der Waals surface area (Å²) in [5, 5.41) is 2.53. The first-order valence-electron chi connectivity index (χ1n) is 6.37. The minimum atomic E-state index is -2.58. The van der Waals surface area contributed by atoms with Crippen LogP contribution < -0.4 is 5.32 Å². The van der Waals surface area contributed by atoms with Gasteiger partial charge in [0.05, 0.1) is 6.61 Å². The van der Waals surface area contributed by atoms with Gasteiger partial charge in [0, 0.05) is 17.9 Å². The minimum Gasteiger partial charge on any atom is -0.464 e. The molecule has 1 fully saturated rings. The fourth-order valence-corrected chi connectivity index (χ4v) is 2.34. The van der Waals surface area contributed by atoms with Gasteiger partial charge in [-0.2, -0.15) is 0 Å². The number of carbonyl (C=O) groups excluding carboxylic acids is 2. The summed E-state index contributed by atoms with van der Waals surface area (Å²) in [6.07, 6.45) is -2.49. The second-order valence-corrected chi connectivity index (χ2v) is 4.58. The van der Waals surface area contributed by atoms with Gasteiger partial charge in [0.2, 0.25) is 5.91 Å². The van der Waals surface area contributed by atoms with Crippen LogP contribution in [0.15, 0.2) is 24.3 Å². The summed E-state index contributed by atoms with van der Waals surface area (Å²) >= 11 is 0. The normalized spacial score (nSPS) is 21.9. The summed E-state index contributed by atoms with van der Waals surface area (Å²) in [5.74, 6) is -1.29. The Hall–Kier alpha value is -1.98. The number of hydrogen-bond donors (Lipinski definition) is 1. The molecule has 1 amide bonds. The third-order valence-corrected chi connectivity index (χ3v) is 3.26. The van der Waals surface area contributed by atoms with E-state index in [9.17, 15) is 18.4 Å². The van der Waals surface area contributed by atoms with Crippen molar-refractivity contribution in [2.45, 2.75) is 31.7 Å². The molecule has 2 atom stereocenters. The highest BCUT2D eigenvalue weighted by Gasteiger charge is 2.39. The van der Waals surface area contributed by atoms with Crippen LogP contribution in [-0.2, 0) is 14.3 Å². The molecule has 0 aliphatic carbocycles. The standard InChI is InChI=1S/C14H15F2NO3/c1-2-20-14(19)12-10(7-11(18)17-12)8-4-3-5-9(6-8)13(15)16/h3-6,10,12-13H,2,7H2,1H3,(H,17,18). The highest BCUT2D eigenvalue weighted by Crippen LogP contribution is 2.31. The first-order chi connectivity index (χ1) is 9.52. The Kier molecular flexibility index (Phi) is 4.32. The van der Waals surface area contributed by atoms with Crippen LogP contribution in [0.2, 0.25) is 0 Å². The van der Waals surface area contributed by atoms with Gasteiger partial charge in [0.1, 0.15) is 6.04 Å². The van der Waals surface area contributed by atoms with Crippen molar-refractivity contribution in [1.82, 2.24) is 5.32 Å². The summed E-state index contributed by atoms with van der Waals surface area (Å²) in [5.41, 5.74) is 0.420. The monoisotopic (exact) mass is 283 g/mol. The fourth-order valence-electron chi connectivity index (χ4n) is 2.34. The number of esters is 1. The maximum atomic E-state index is 12.7. The van der Waals surface area contributed by atoms with Crippen molar-refractivity contribution in [1.29, 1.82) is 0 Å². The van der Waals surface area contributed by atoms with E-state index in [4.69, 9.17) is 4.74 Å². The van der Waals surface area contributed by atoms with Gasteiger partial charge in [0.15, 0.2) is 0 Å². The van der Waals surface area contributed by atoms with Crippen molar-refractivity contribution in [2.75, 3.05) is 6.61 Å². The Bertz CT molecular complexity index is 519. The number of alkyl halides is 2. The second kappa shape index (κ2) is 5.98. The summed E-state index contributed by atoms with van der Waals surface area (Å²) in [7, 11) is 0. The van der Waals surface area contributed by atoms with Crippen molar-refractivity contribution in [3.8, 4) is 0 Å². The molecule has 1 N–H and O–H groups in total. The number of carbonyl (C=O) groups is 2. The van der Waals surface area contributed by atoms with Gasteiger partial charge in [0.25, 0.3) is 6.43 Å². The molecule has 108 valence electrons. The fraction of sp³-hybridized carbons (Fsp3) is 0.429. The summed E-state index contributed by atoms with van der Waals surface area (Å²) in [6, 6.07) is 4.99. The molecule has 0 saturated carbocycles. The largest absolute Gasteiger partial charge is 0.464 e. The van der Waals surface area contributed by atoms with Crippen LogP contribution in [0, 0.1) is 0 Å². The Morgan fingerprint density at radius 3 is 2.90 bits per heavy atom. The molecule has 1 aliphatic rings. The van der Waals surface area contributed by atoms with Crippen molar-refractivity contribution in [3.63, 3.8) is 0 Å². The van der Waals surface area contributed by atoms with Gasteiger partial charge in [-0.1, -0.05) is 18.2 Å². The van der Waals surface area contributed by atoms with Gasteiger partial charge in [-0.15, -0.1) is 0 Å². The number of benzene rings is 1. The average Bonchev–Trinajstić information content (AvgIpc) is 2.81. The highest BCUT2D eigenvalue weighted by molar-refractivity contribution is 5.90. The van der Waals surface area contributed by atoms with Gasteiger partial charge in [-0.3, -0.25) is 4.79 Å². The van der Waals surface area contributed by atoms with Crippen LogP contribution in [0.1, 0.15) is 36.8 Å². The Morgan fingerprint density at radius 2 is 2.25 bits per heavy atom. The molecule has 2 rings (SSSR count).